The molecule has 0 aliphatic carbocycles. The van der Waals surface area contributed by atoms with Gasteiger partial charge in [0.2, 0.25) is 5.91 Å². The van der Waals surface area contributed by atoms with E-state index >= 15 is 0 Å². The first kappa shape index (κ1) is 13.8. The molecule has 4 rings (SSSR count). The highest BCUT2D eigenvalue weighted by Gasteiger charge is 2.41. The van der Waals surface area contributed by atoms with Crippen molar-refractivity contribution in [3.05, 3.63) is 42.4 Å². The topological polar surface area (TPSA) is 88.1 Å². The number of hydrogen-bond donors (Lipinski definition) is 1. The summed E-state index contributed by atoms with van der Waals surface area (Å²) in [5.74, 6) is 0.698. The van der Waals surface area contributed by atoms with Crippen LogP contribution < -0.4 is 5.32 Å². The van der Waals surface area contributed by atoms with Crippen LogP contribution in [-0.4, -0.2) is 50.8 Å². The molecule has 0 radical (unpaired) electrons. The first-order valence-electron chi connectivity index (χ1n) is 7.53. The fourth-order valence-electron chi connectivity index (χ4n) is 3.16. The van der Waals surface area contributed by atoms with Crippen LogP contribution in [0.5, 0.6) is 0 Å². The number of carbonyl (C=O) groups excluding carboxylic acids is 2. The van der Waals surface area contributed by atoms with Crippen molar-refractivity contribution in [3.63, 3.8) is 0 Å². The third-order valence-corrected chi connectivity index (χ3v) is 4.31. The van der Waals surface area contributed by atoms with E-state index in [1.807, 2.05) is 18.2 Å². The number of nitrogens with zero attached hydrogens (tertiary/aromatic N) is 4. The van der Waals surface area contributed by atoms with Crippen molar-refractivity contribution in [3.8, 4) is 11.5 Å². The minimum absolute atomic E-state index is 0.0788. The molecule has 2 aliphatic heterocycles. The van der Waals surface area contributed by atoms with Crippen molar-refractivity contribution >= 4 is 11.8 Å². The third-order valence-electron chi connectivity index (χ3n) is 4.31. The maximum atomic E-state index is 12.5. The van der Waals surface area contributed by atoms with E-state index in [4.69, 9.17) is 0 Å². The Bertz CT molecular complexity index is 731. The van der Waals surface area contributed by atoms with Gasteiger partial charge in [-0.1, -0.05) is 6.07 Å². The van der Waals surface area contributed by atoms with Crippen molar-refractivity contribution in [2.75, 3.05) is 13.1 Å². The van der Waals surface area contributed by atoms with E-state index in [1.54, 1.807) is 11.1 Å². The summed E-state index contributed by atoms with van der Waals surface area (Å²) in [4.78, 5) is 38.3. The zero-order chi connectivity index (χ0) is 15.8. The predicted octanol–water partition coefficient (Wildman–Crippen LogP) is 0.499. The molecular formula is C16H15N5O2. The second-order valence-electron chi connectivity index (χ2n) is 5.86. The molecule has 1 N–H and O–H groups in total. The van der Waals surface area contributed by atoms with Gasteiger partial charge >= 0.3 is 0 Å². The molecule has 7 heteroatoms. The van der Waals surface area contributed by atoms with Crippen molar-refractivity contribution in [1.82, 2.24) is 25.2 Å². The predicted molar refractivity (Wildman–Crippen MR) is 81.2 cm³/mol. The van der Waals surface area contributed by atoms with E-state index in [9.17, 15) is 9.59 Å². The molecular weight excluding hydrogens is 294 g/mol. The van der Waals surface area contributed by atoms with Gasteiger partial charge in [-0.05, 0) is 12.1 Å². The van der Waals surface area contributed by atoms with Crippen LogP contribution in [-0.2, 0) is 4.79 Å². The minimum Gasteiger partial charge on any atom is -0.351 e. The molecule has 2 aliphatic rings. The second-order valence-corrected chi connectivity index (χ2v) is 5.86. The van der Waals surface area contributed by atoms with E-state index in [0.717, 1.165) is 0 Å². The van der Waals surface area contributed by atoms with Crippen LogP contribution in [0.3, 0.4) is 0 Å². The van der Waals surface area contributed by atoms with E-state index in [1.165, 1.54) is 12.4 Å². The molecule has 0 aromatic carbocycles. The highest BCUT2D eigenvalue weighted by atomic mass is 16.2. The molecule has 0 unspecified atom stereocenters. The largest absolute Gasteiger partial charge is 0.351 e. The minimum atomic E-state index is -0.0961. The lowest BCUT2D eigenvalue weighted by molar-refractivity contribution is -0.119. The normalized spacial score (nSPS) is 22.8. The molecule has 2 fully saturated rings. The molecule has 0 bridgehead atoms. The highest BCUT2D eigenvalue weighted by molar-refractivity contribution is 5.94. The standard InChI is InChI=1S/C16H15N5O2/c22-14-5-10-8-21(9-13(10)20-14)16(23)11-6-18-15(19-7-11)12-3-1-2-4-17-12/h1-4,6-7,10,13H,5,8-9H2,(H,20,22)/t10-,13+/m0/s1. The Morgan fingerprint density at radius 1 is 1.17 bits per heavy atom. The molecule has 2 amide bonds. The van der Waals surface area contributed by atoms with Crippen LogP contribution in [0.1, 0.15) is 16.8 Å². The average molecular weight is 309 g/mol. The van der Waals surface area contributed by atoms with Crippen LogP contribution in [0.2, 0.25) is 0 Å². The monoisotopic (exact) mass is 309 g/mol. The lowest BCUT2D eigenvalue weighted by Crippen LogP contribution is -2.35. The molecule has 7 nitrogen and oxygen atoms in total. The van der Waals surface area contributed by atoms with Crippen molar-refractivity contribution < 1.29 is 9.59 Å². The molecule has 2 atom stereocenters. The number of nitrogens with one attached hydrogen (secondary N) is 1. The van der Waals surface area contributed by atoms with Crippen molar-refractivity contribution in [2.24, 2.45) is 5.92 Å². The van der Waals surface area contributed by atoms with E-state index in [0.29, 0.717) is 36.6 Å². The summed E-state index contributed by atoms with van der Waals surface area (Å²) in [6, 6.07) is 5.59. The fraction of sp³-hybridized carbons (Fsp3) is 0.312. The number of aromatic nitrogens is 3. The highest BCUT2D eigenvalue weighted by Crippen LogP contribution is 2.26. The number of pyridine rings is 1. The lowest BCUT2D eigenvalue weighted by Gasteiger charge is -2.17. The average Bonchev–Trinajstić information content (AvgIpc) is 3.12. The van der Waals surface area contributed by atoms with Crippen LogP contribution in [0, 0.1) is 5.92 Å². The summed E-state index contributed by atoms with van der Waals surface area (Å²) < 4.78 is 0. The van der Waals surface area contributed by atoms with Crippen LogP contribution in [0.4, 0.5) is 0 Å². The van der Waals surface area contributed by atoms with Gasteiger partial charge in [0.25, 0.3) is 5.91 Å². The van der Waals surface area contributed by atoms with Gasteiger partial charge in [-0.3, -0.25) is 14.6 Å². The lowest BCUT2D eigenvalue weighted by atomic mass is 10.1. The molecule has 2 aromatic rings. The maximum Gasteiger partial charge on any atom is 0.257 e. The van der Waals surface area contributed by atoms with Gasteiger partial charge in [-0.2, -0.15) is 0 Å². The van der Waals surface area contributed by atoms with Crippen LogP contribution >= 0.6 is 0 Å². The van der Waals surface area contributed by atoms with E-state index in [-0.39, 0.29) is 23.8 Å². The SMILES string of the molecule is O=C1C[C@H]2CN(C(=O)c3cnc(-c4ccccn4)nc3)C[C@H]2N1. The van der Waals surface area contributed by atoms with Gasteiger partial charge in [0.1, 0.15) is 5.69 Å². The molecule has 4 heterocycles. The zero-order valence-electron chi connectivity index (χ0n) is 12.3. The summed E-state index contributed by atoms with van der Waals surface area (Å²) in [6.07, 6.45) is 5.25. The van der Waals surface area contributed by atoms with Gasteiger partial charge in [-0.15, -0.1) is 0 Å². The third kappa shape index (κ3) is 2.54. The molecule has 0 saturated carbocycles. The van der Waals surface area contributed by atoms with Gasteiger partial charge in [-0.25, -0.2) is 9.97 Å². The summed E-state index contributed by atoms with van der Waals surface area (Å²) in [7, 11) is 0. The van der Waals surface area contributed by atoms with E-state index < -0.39 is 0 Å². The smallest absolute Gasteiger partial charge is 0.257 e. The Hall–Kier alpha value is -2.83. The summed E-state index contributed by atoms with van der Waals surface area (Å²) in [6.45, 7) is 1.15. The Morgan fingerprint density at radius 2 is 2.00 bits per heavy atom. The number of fused-ring (bicyclic) bond motifs is 1. The molecule has 116 valence electrons. The molecule has 0 spiro atoms. The summed E-state index contributed by atoms with van der Waals surface area (Å²) in [5, 5.41) is 2.91. The number of amides is 2. The number of hydrogen-bond acceptors (Lipinski definition) is 5. The van der Waals surface area contributed by atoms with Crippen molar-refractivity contribution in [1.29, 1.82) is 0 Å². The molecule has 2 saturated heterocycles. The van der Waals surface area contributed by atoms with Gasteiger partial charge < -0.3 is 10.2 Å². The number of rotatable bonds is 2. The Balaban J connectivity index is 1.48. The zero-order valence-corrected chi connectivity index (χ0v) is 12.3. The summed E-state index contributed by atoms with van der Waals surface area (Å²) in [5.41, 5.74) is 1.13. The Morgan fingerprint density at radius 3 is 2.70 bits per heavy atom. The number of likely N-dealkylation sites (tertiary alicyclic amines) is 1. The molecule has 2 aromatic heterocycles. The van der Waals surface area contributed by atoms with Gasteiger partial charge in [0.15, 0.2) is 5.82 Å². The Kier molecular flexibility index (Phi) is 3.25. The molecule has 23 heavy (non-hydrogen) atoms. The second kappa shape index (κ2) is 5.42. The first-order valence-corrected chi connectivity index (χ1v) is 7.53. The van der Waals surface area contributed by atoms with Crippen LogP contribution in [0.25, 0.3) is 11.5 Å². The van der Waals surface area contributed by atoms with Crippen molar-refractivity contribution in [2.45, 2.75) is 12.5 Å². The first-order chi connectivity index (χ1) is 11.2. The maximum absolute atomic E-state index is 12.5. The van der Waals surface area contributed by atoms with Crippen LogP contribution in [0.15, 0.2) is 36.8 Å². The number of carbonyl (C=O) groups is 2. The Labute approximate surface area is 132 Å². The van der Waals surface area contributed by atoms with Gasteiger partial charge in [0.05, 0.1) is 11.6 Å². The van der Waals surface area contributed by atoms with E-state index in [2.05, 4.69) is 20.3 Å². The van der Waals surface area contributed by atoms with Gasteiger partial charge in [0, 0.05) is 44.0 Å². The fourth-order valence-corrected chi connectivity index (χ4v) is 3.16. The summed E-state index contributed by atoms with van der Waals surface area (Å²) >= 11 is 0. The quantitative estimate of drug-likeness (QED) is 0.872.